The maximum absolute atomic E-state index is 14.0. The zero-order valence-corrected chi connectivity index (χ0v) is 12.3. The molecule has 0 radical (unpaired) electrons. The van der Waals surface area contributed by atoms with E-state index in [-0.39, 0.29) is 12.5 Å². The lowest BCUT2D eigenvalue weighted by molar-refractivity contribution is 0.0568. The van der Waals surface area contributed by atoms with Gasteiger partial charge in [-0.25, -0.2) is 21.9 Å². The summed E-state index contributed by atoms with van der Waals surface area (Å²) in [7, 11) is -4.04. The van der Waals surface area contributed by atoms with Crippen LogP contribution >= 0.6 is 0 Å². The molecule has 0 amide bonds. The van der Waals surface area contributed by atoms with E-state index in [0.29, 0.717) is 13.2 Å². The number of benzene rings is 1. The fourth-order valence-corrected chi connectivity index (χ4v) is 3.46. The second kappa shape index (κ2) is 6.78. The van der Waals surface area contributed by atoms with Gasteiger partial charge >= 0.3 is 0 Å². The molecule has 2 rings (SSSR count). The topological polar surface area (TPSA) is 81.4 Å². The first-order valence-corrected chi connectivity index (χ1v) is 8.18. The quantitative estimate of drug-likeness (QED) is 0.852. The van der Waals surface area contributed by atoms with Crippen molar-refractivity contribution >= 4 is 10.0 Å². The molecule has 1 aromatic carbocycles. The van der Waals surface area contributed by atoms with Gasteiger partial charge in [-0.2, -0.15) is 0 Å². The number of hydrogen-bond acceptors (Lipinski definition) is 4. The zero-order chi connectivity index (χ0) is 15.5. The van der Waals surface area contributed by atoms with Crippen molar-refractivity contribution in [3.63, 3.8) is 0 Å². The van der Waals surface area contributed by atoms with Crippen molar-refractivity contribution in [2.45, 2.75) is 24.3 Å². The Morgan fingerprint density at radius 3 is 2.76 bits per heavy atom. The van der Waals surface area contributed by atoms with Crippen LogP contribution in [0.3, 0.4) is 0 Å². The second-order valence-electron chi connectivity index (χ2n) is 4.98. The minimum atomic E-state index is -4.04. The summed E-state index contributed by atoms with van der Waals surface area (Å²) in [6, 6.07) is 1.81. The number of nitrogens with one attached hydrogen (secondary N) is 1. The van der Waals surface area contributed by atoms with Crippen molar-refractivity contribution in [1.29, 1.82) is 0 Å². The summed E-state index contributed by atoms with van der Waals surface area (Å²) in [4.78, 5) is -0.582. The molecule has 1 heterocycles. The van der Waals surface area contributed by atoms with E-state index in [2.05, 4.69) is 4.72 Å². The number of rotatable bonds is 5. The van der Waals surface area contributed by atoms with Gasteiger partial charge < -0.3 is 10.5 Å². The van der Waals surface area contributed by atoms with E-state index < -0.39 is 38.7 Å². The van der Waals surface area contributed by atoms with Crippen LogP contribution in [0, 0.1) is 17.6 Å². The fraction of sp³-hybridized carbons (Fsp3) is 0.538. The second-order valence-corrected chi connectivity index (χ2v) is 6.71. The molecule has 8 heteroatoms. The Bertz CT molecular complexity index is 602. The molecule has 118 valence electrons. The molecule has 1 aliphatic rings. The molecule has 1 saturated heterocycles. The van der Waals surface area contributed by atoms with Gasteiger partial charge in [-0.3, -0.25) is 0 Å². The number of nitrogens with two attached hydrogens (primary N) is 1. The Morgan fingerprint density at radius 1 is 1.38 bits per heavy atom. The number of sulfonamides is 1. The van der Waals surface area contributed by atoms with Crippen LogP contribution in [0.4, 0.5) is 8.78 Å². The highest BCUT2D eigenvalue weighted by atomic mass is 32.2. The van der Waals surface area contributed by atoms with Crippen molar-refractivity contribution in [1.82, 2.24) is 4.72 Å². The van der Waals surface area contributed by atoms with Gasteiger partial charge in [0.15, 0.2) is 5.82 Å². The van der Waals surface area contributed by atoms with E-state index >= 15 is 0 Å². The van der Waals surface area contributed by atoms with Crippen molar-refractivity contribution < 1.29 is 21.9 Å². The largest absolute Gasteiger partial charge is 0.381 e. The maximum atomic E-state index is 14.0. The van der Waals surface area contributed by atoms with E-state index in [0.717, 1.165) is 25.0 Å². The summed E-state index contributed by atoms with van der Waals surface area (Å²) in [6.07, 6.45) is 1.72. The molecule has 1 aromatic rings. The highest BCUT2D eigenvalue weighted by Crippen LogP contribution is 2.21. The molecule has 1 fully saturated rings. The molecule has 0 spiro atoms. The molecule has 0 bridgehead atoms. The molecule has 5 nitrogen and oxygen atoms in total. The van der Waals surface area contributed by atoms with Gasteiger partial charge in [-0.1, -0.05) is 0 Å². The van der Waals surface area contributed by atoms with Crippen molar-refractivity contribution in [2.75, 3.05) is 19.8 Å². The van der Waals surface area contributed by atoms with E-state index in [1.807, 2.05) is 0 Å². The van der Waals surface area contributed by atoms with Crippen LogP contribution in [-0.2, 0) is 21.3 Å². The highest BCUT2D eigenvalue weighted by molar-refractivity contribution is 7.89. The van der Waals surface area contributed by atoms with E-state index in [4.69, 9.17) is 10.5 Å². The van der Waals surface area contributed by atoms with Crippen LogP contribution in [0.15, 0.2) is 17.0 Å². The van der Waals surface area contributed by atoms with Crippen LogP contribution in [0.2, 0.25) is 0 Å². The summed E-state index contributed by atoms with van der Waals surface area (Å²) in [6.45, 7) is 0.909. The Balaban J connectivity index is 2.15. The molecule has 21 heavy (non-hydrogen) atoms. The highest BCUT2D eigenvalue weighted by Gasteiger charge is 2.24. The summed E-state index contributed by atoms with van der Waals surface area (Å²) in [5.41, 5.74) is 4.81. The van der Waals surface area contributed by atoms with Gasteiger partial charge in [0.25, 0.3) is 0 Å². The molecular formula is C13H18F2N2O3S. The van der Waals surface area contributed by atoms with Crippen LogP contribution in [0.25, 0.3) is 0 Å². The first-order valence-electron chi connectivity index (χ1n) is 6.70. The number of halogens is 2. The molecule has 1 aliphatic heterocycles. The zero-order valence-electron chi connectivity index (χ0n) is 11.4. The predicted molar refractivity (Wildman–Crippen MR) is 73.0 cm³/mol. The molecule has 0 saturated carbocycles. The number of hydrogen-bond donors (Lipinski definition) is 2. The van der Waals surface area contributed by atoms with Crippen LogP contribution in [0.1, 0.15) is 18.4 Å². The van der Waals surface area contributed by atoms with E-state index in [1.54, 1.807) is 0 Å². The lowest BCUT2D eigenvalue weighted by Crippen LogP contribution is -2.33. The van der Waals surface area contributed by atoms with Gasteiger partial charge in [-0.15, -0.1) is 0 Å². The number of ether oxygens (including phenoxy) is 1. The monoisotopic (exact) mass is 320 g/mol. The minimum Gasteiger partial charge on any atom is -0.381 e. The van der Waals surface area contributed by atoms with Gasteiger partial charge in [0.1, 0.15) is 10.7 Å². The normalized spacial score (nSPS) is 19.7. The Labute approximate surface area is 122 Å². The van der Waals surface area contributed by atoms with Crippen molar-refractivity contribution in [2.24, 2.45) is 11.7 Å². The maximum Gasteiger partial charge on any atom is 0.243 e. The lowest BCUT2D eigenvalue weighted by atomic mass is 10.0. The predicted octanol–water partition coefficient (Wildman–Crippen LogP) is 1.13. The molecule has 1 atom stereocenters. The SMILES string of the molecule is NCc1c(F)ccc(S(=O)(=O)NCC2CCCOC2)c1F. The standard InChI is InChI=1S/C13H18F2N2O3S/c14-11-3-4-12(13(15)10(11)6-16)21(18,19)17-7-9-2-1-5-20-8-9/h3-4,9,17H,1-2,5-8,16H2. The Morgan fingerprint density at radius 2 is 2.14 bits per heavy atom. The van der Waals surface area contributed by atoms with Crippen LogP contribution in [-0.4, -0.2) is 28.2 Å². The van der Waals surface area contributed by atoms with Crippen LogP contribution in [0.5, 0.6) is 0 Å². The third kappa shape index (κ3) is 3.76. The van der Waals surface area contributed by atoms with E-state index in [1.165, 1.54) is 0 Å². The summed E-state index contributed by atoms with van der Waals surface area (Å²) < 4.78 is 59.2. The third-order valence-electron chi connectivity index (χ3n) is 3.46. The summed E-state index contributed by atoms with van der Waals surface area (Å²) in [5.74, 6) is -1.93. The molecular weight excluding hydrogens is 302 g/mol. The summed E-state index contributed by atoms with van der Waals surface area (Å²) in [5, 5.41) is 0. The molecule has 3 N–H and O–H groups in total. The van der Waals surface area contributed by atoms with Crippen molar-refractivity contribution in [3.8, 4) is 0 Å². The third-order valence-corrected chi connectivity index (χ3v) is 4.90. The van der Waals surface area contributed by atoms with Crippen LogP contribution < -0.4 is 10.5 Å². The first kappa shape index (κ1) is 16.3. The minimum absolute atomic E-state index is 0.0611. The van der Waals surface area contributed by atoms with Gasteiger partial charge in [0, 0.05) is 25.3 Å². The Hall–Kier alpha value is -1.09. The molecule has 1 unspecified atom stereocenters. The van der Waals surface area contributed by atoms with Gasteiger partial charge in [0.2, 0.25) is 10.0 Å². The average molecular weight is 320 g/mol. The van der Waals surface area contributed by atoms with Gasteiger partial charge in [0.05, 0.1) is 6.61 Å². The molecule has 0 aromatic heterocycles. The fourth-order valence-electron chi connectivity index (χ4n) is 2.24. The van der Waals surface area contributed by atoms with Crippen molar-refractivity contribution in [3.05, 3.63) is 29.3 Å². The lowest BCUT2D eigenvalue weighted by Gasteiger charge is -2.22. The van der Waals surface area contributed by atoms with E-state index in [9.17, 15) is 17.2 Å². The van der Waals surface area contributed by atoms with Gasteiger partial charge in [-0.05, 0) is 30.9 Å². The Kier molecular flexibility index (Phi) is 5.26. The average Bonchev–Trinajstić information content (AvgIpc) is 2.46. The molecule has 0 aliphatic carbocycles. The first-order chi connectivity index (χ1) is 9.95. The smallest absolute Gasteiger partial charge is 0.243 e. The summed E-state index contributed by atoms with van der Waals surface area (Å²) >= 11 is 0.